The zero-order valence-corrected chi connectivity index (χ0v) is 14.3. The Morgan fingerprint density at radius 2 is 2.12 bits per heavy atom. The van der Waals surface area contributed by atoms with Gasteiger partial charge < -0.3 is 14.5 Å². The Labute approximate surface area is 145 Å². The standard InChI is InChI=1S/C18H21N3O4/c1-3-20(11-14-16(18(23)24)12(2)25-19-14)15-9-10-21(17(15)22)13-7-5-4-6-8-13/h4-8,15H,3,9-11H2,1-2H3,(H,23,24). The highest BCUT2D eigenvalue weighted by Crippen LogP contribution is 2.26. The van der Waals surface area contributed by atoms with Crippen molar-refractivity contribution in [2.24, 2.45) is 0 Å². The number of carbonyl (C=O) groups excluding carboxylic acids is 1. The third-order valence-electron chi connectivity index (χ3n) is 4.59. The number of aryl methyl sites for hydroxylation is 1. The Kier molecular flexibility index (Phi) is 4.85. The number of rotatable bonds is 6. The normalized spacial score (nSPS) is 17.5. The van der Waals surface area contributed by atoms with E-state index in [-0.39, 0.29) is 29.8 Å². The van der Waals surface area contributed by atoms with Crippen molar-refractivity contribution in [3.8, 4) is 0 Å². The van der Waals surface area contributed by atoms with E-state index in [1.54, 1.807) is 11.8 Å². The van der Waals surface area contributed by atoms with E-state index in [2.05, 4.69) is 5.16 Å². The van der Waals surface area contributed by atoms with Gasteiger partial charge in [0, 0.05) is 18.8 Å². The number of hydrogen-bond donors (Lipinski definition) is 1. The van der Waals surface area contributed by atoms with Crippen LogP contribution in [-0.4, -0.2) is 46.2 Å². The molecule has 132 valence electrons. The fraction of sp³-hybridized carbons (Fsp3) is 0.389. The molecule has 0 saturated carbocycles. The van der Waals surface area contributed by atoms with Crippen molar-refractivity contribution in [2.45, 2.75) is 32.9 Å². The molecule has 3 rings (SSSR count). The first kappa shape index (κ1) is 17.2. The number of benzene rings is 1. The fourth-order valence-electron chi connectivity index (χ4n) is 3.30. The average molecular weight is 343 g/mol. The predicted octanol–water partition coefficient (Wildman–Crippen LogP) is 2.31. The second-order valence-corrected chi connectivity index (χ2v) is 6.06. The number of hydrogen-bond acceptors (Lipinski definition) is 5. The van der Waals surface area contributed by atoms with Crippen LogP contribution in [0, 0.1) is 6.92 Å². The zero-order valence-electron chi connectivity index (χ0n) is 14.3. The highest BCUT2D eigenvalue weighted by atomic mass is 16.5. The quantitative estimate of drug-likeness (QED) is 0.866. The number of likely N-dealkylation sites (N-methyl/N-ethyl adjacent to an activating group) is 1. The van der Waals surface area contributed by atoms with Crippen molar-refractivity contribution < 1.29 is 19.2 Å². The van der Waals surface area contributed by atoms with Gasteiger partial charge in [0.2, 0.25) is 5.91 Å². The van der Waals surface area contributed by atoms with E-state index in [9.17, 15) is 14.7 Å². The number of aromatic nitrogens is 1. The van der Waals surface area contributed by atoms with Crippen LogP contribution in [-0.2, 0) is 11.3 Å². The summed E-state index contributed by atoms with van der Waals surface area (Å²) in [6.07, 6.45) is 0.695. The van der Waals surface area contributed by atoms with E-state index >= 15 is 0 Å². The summed E-state index contributed by atoms with van der Waals surface area (Å²) in [5.41, 5.74) is 1.33. The van der Waals surface area contributed by atoms with E-state index in [1.807, 2.05) is 42.2 Å². The van der Waals surface area contributed by atoms with Gasteiger partial charge in [0.05, 0.1) is 6.04 Å². The Morgan fingerprint density at radius 1 is 1.40 bits per heavy atom. The van der Waals surface area contributed by atoms with Crippen LogP contribution in [0.4, 0.5) is 5.69 Å². The number of carboxylic acid groups (broad SMARTS) is 1. The van der Waals surface area contributed by atoms with Gasteiger partial charge in [-0.05, 0) is 32.0 Å². The van der Waals surface area contributed by atoms with E-state index in [0.29, 0.717) is 25.2 Å². The maximum atomic E-state index is 12.8. The van der Waals surface area contributed by atoms with Crippen molar-refractivity contribution in [1.29, 1.82) is 0 Å². The summed E-state index contributed by atoms with van der Waals surface area (Å²) in [6.45, 7) is 5.06. The second kappa shape index (κ2) is 7.06. The third-order valence-corrected chi connectivity index (χ3v) is 4.59. The molecule has 1 amide bonds. The molecule has 2 heterocycles. The van der Waals surface area contributed by atoms with Crippen molar-refractivity contribution >= 4 is 17.6 Å². The van der Waals surface area contributed by atoms with Gasteiger partial charge in [-0.15, -0.1) is 0 Å². The second-order valence-electron chi connectivity index (χ2n) is 6.06. The molecule has 1 aromatic carbocycles. The summed E-state index contributed by atoms with van der Waals surface area (Å²) in [7, 11) is 0. The van der Waals surface area contributed by atoms with Crippen LogP contribution in [0.1, 0.15) is 35.2 Å². The Balaban J connectivity index is 1.78. The first-order valence-electron chi connectivity index (χ1n) is 8.31. The summed E-state index contributed by atoms with van der Waals surface area (Å²) >= 11 is 0. The summed E-state index contributed by atoms with van der Waals surface area (Å²) in [5, 5.41) is 13.2. The lowest BCUT2D eigenvalue weighted by Gasteiger charge is -2.26. The SMILES string of the molecule is CCN(Cc1noc(C)c1C(=O)O)C1CCN(c2ccccc2)C1=O. The Morgan fingerprint density at radius 3 is 2.76 bits per heavy atom. The van der Waals surface area contributed by atoms with Gasteiger partial charge in [0.1, 0.15) is 17.0 Å². The van der Waals surface area contributed by atoms with Gasteiger partial charge in [-0.3, -0.25) is 9.69 Å². The van der Waals surface area contributed by atoms with E-state index in [4.69, 9.17) is 4.52 Å². The lowest BCUT2D eigenvalue weighted by molar-refractivity contribution is -0.121. The van der Waals surface area contributed by atoms with Crippen molar-refractivity contribution in [3.63, 3.8) is 0 Å². The maximum Gasteiger partial charge on any atom is 0.341 e. The molecule has 1 aliphatic rings. The molecule has 1 N–H and O–H groups in total. The van der Waals surface area contributed by atoms with Gasteiger partial charge in [-0.2, -0.15) is 0 Å². The lowest BCUT2D eigenvalue weighted by atomic mass is 10.1. The summed E-state index contributed by atoms with van der Waals surface area (Å²) < 4.78 is 5.03. The minimum Gasteiger partial charge on any atom is -0.477 e. The van der Waals surface area contributed by atoms with Crippen LogP contribution in [0.2, 0.25) is 0 Å². The number of aromatic carboxylic acids is 1. The molecular formula is C18H21N3O4. The predicted molar refractivity (Wildman–Crippen MR) is 91.5 cm³/mol. The topological polar surface area (TPSA) is 86.9 Å². The van der Waals surface area contributed by atoms with Crippen LogP contribution in [0.15, 0.2) is 34.9 Å². The summed E-state index contributed by atoms with van der Waals surface area (Å²) in [4.78, 5) is 28.0. The highest BCUT2D eigenvalue weighted by molar-refractivity contribution is 5.99. The maximum absolute atomic E-state index is 12.8. The zero-order chi connectivity index (χ0) is 18.0. The summed E-state index contributed by atoms with van der Waals surface area (Å²) in [5.74, 6) is -0.749. The van der Waals surface area contributed by atoms with Gasteiger partial charge in [-0.25, -0.2) is 4.79 Å². The number of carboxylic acids is 1. The monoisotopic (exact) mass is 343 g/mol. The van der Waals surface area contributed by atoms with Crippen LogP contribution < -0.4 is 4.90 Å². The Bertz CT molecular complexity index is 772. The van der Waals surface area contributed by atoms with Crippen molar-refractivity contribution in [2.75, 3.05) is 18.0 Å². The van der Waals surface area contributed by atoms with Crippen molar-refractivity contribution in [3.05, 3.63) is 47.3 Å². The number of carbonyl (C=O) groups is 2. The lowest BCUT2D eigenvalue weighted by Crippen LogP contribution is -2.41. The van der Waals surface area contributed by atoms with Gasteiger partial charge >= 0.3 is 5.97 Å². The molecule has 1 unspecified atom stereocenters. The molecule has 1 fully saturated rings. The summed E-state index contributed by atoms with van der Waals surface area (Å²) in [6, 6.07) is 9.28. The number of amides is 1. The first-order chi connectivity index (χ1) is 12.0. The molecule has 1 aliphatic heterocycles. The molecule has 7 heteroatoms. The molecule has 1 aromatic heterocycles. The van der Waals surface area contributed by atoms with Gasteiger partial charge in [0.25, 0.3) is 0 Å². The van der Waals surface area contributed by atoms with E-state index in [0.717, 1.165) is 5.69 Å². The smallest absolute Gasteiger partial charge is 0.341 e. The first-order valence-corrected chi connectivity index (χ1v) is 8.31. The molecule has 25 heavy (non-hydrogen) atoms. The van der Waals surface area contributed by atoms with Gasteiger partial charge in [-0.1, -0.05) is 30.3 Å². The Hall–Kier alpha value is -2.67. The molecule has 1 saturated heterocycles. The number of anilines is 1. The van der Waals surface area contributed by atoms with Crippen LogP contribution in [0.5, 0.6) is 0 Å². The van der Waals surface area contributed by atoms with Crippen LogP contribution in [0.25, 0.3) is 0 Å². The molecule has 1 atom stereocenters. The average Bonchev–Trinajstić information content (AvgIpc) is 3.16. The number of para-hydroxylation sites is 1. The fourth-order valence-corrected chi connectivity index (χ4v) is 3.30. The molecule has 0 bridgehead atoms. The van der Waals surface area contributed by atoms with E-state index < -0.39 is 5.97 Å². The molecule has 7 nitrogen and oxygen atoms in total. The molecule has 0 aliphatic carbocycles. The van der Waals surface area contributed by atoms with Gasteiger partial charge in [0.15, 0.2) is 0 Å². The molecule has 0 spiro atoms. The number of nitrogens with zero attached hydrogens (tertiary/aromatic N) is 3. The molecular weight excluding hydrogens is 322 g/mol. The third kappa shape index (κ3) is 3.28. The largest absolute Gasteiger partial charge is 0.477 e. The minimum atomic E-state index is -1.06. The van der Waals surface area contributed by atoms with E-state index in [1.165, 1.54) is 0 Å². The molecule has 2 aromatic rings. The van der Waals surface area contributed by atoms with Crippen LogP contribution in [0.3, 0.4) is 0 Å². The molecule has 0 radical (unpaired) electrons. The van der Waals surface area contributed by atoms with Crippen LogP contribution >= 0.6 is 0 Å². The minimum absolute atomic E-state index is 0.0325. The van der Waals surface area contributed by atoms with Crippen molar-refractivity contribution in [1.82, 2.24) is 10.1 Å². The highest BCUT2D eigenvalue weighted by Gasteiger charge is 2.37.